The number of carbonyl (C=O) groups is 2. The molecule has 2 atom stereocenters. The summed E-state index contributed by atoms with van der Waals surface area (Å²) in [5.41, 5.74) is 2.46. The maximum absolute atomic E-state index is 13.1. The maximum atomic E-state index is 13.1. The van der Waals surface area contributed by atoms with Gasteiger partial charge in [0.2, 0.25) is 0 Å². The van der Waals surface area contributed by atoms with E-state index in [2.05, 4.69) is 5.32 Å². The van der Waals surface area contributed by atoms with Gasteiger partial charge in [0.05, 0.1) is 0 Å². The fourth-order valence-corrected chi connectivity index (χ4v) is 4.41. The molecular formula is C26H27NO5Se. The van der Waals surface area contributed by atoms with Crippen LogP contribution in [0.5, 0.6) is 0 Å². The predicted molar refractivity (Wildman–Crippen MR) is 126 cm³/mol. The van der Waals surface area contributed by atoms with Gasteiger partial charge in [0.1, 0.15) is 0 Å². The molecule has 3 aromatic rings. The number of hydrogen-bond acceptors (Lipinski definition) is 5. The van der Waals surface area contributed by atoms with Gasteiger partial charge in [-0.2, -0.15) is 0 Å². The fourth-order valence-electron chi connectivity index (χ4n) is 3.22. The van der Waals surface area contributed by atoms with Gasteiger partial charge in [-0.25, -0.2) is 0 Å². The molecule has 0 heterocycles. The summed E-state index contributed by atoms with van der Waals surface area (Å²) in [5, 5.41) is 2.93. The van der Waals surface area contributed by atoms with Crippen molar-refractivity contribution in [2.75, 3.05) is 0 Å². The molecule has 1 N–H and O–H groups in total. The summed E-state index contributed by atoms with van der Waals surface area (Å²) in [4.78, 5) is 25.5. The van der Waals surface area contributed by atoms with E-state index in [4.69, 9.17) is 9.47 Å². The number of amides is 1. The van der Waals surface area contributed by atoms with Crippen molar-refractivity contribution in [3.8, 4) is 0 Å². The summed E-state index contributed by atoms with van der Waals surface area (Å²) < 4.78 is 22.9. The van der Waals surface area contributed by atoms with Crippen LogP contribution in [0.4, 0.5) is 4.79 Å². The molecule has 2 unspecified atom stereocenters. The number of alkyl carbamates (subject to hydrolysis) is 1. The Morgan fingerprint density at radius 2 is 1.36 bits per heavy atom. The van der Waals surface area contributed by atoms with Gasteiger partial charge in [0.15, 0.2) is 0 Å². The van der Waals surface area contributed by atoms with Crippen molar-refractivity contribution < 1.29 is 22.9 Å². The molecule has 0 spiro atoms. The van der Waals surface area contributed by atoms with E-state index in [0.717, 1.165) is 16.7 Å². The van der Waals surface area contributed by atoms with Crippen LogP contribution in [0.2, 0.25) is 11.1 Å². The van der Waals surface area contributed by atoms with Crippen LogP contribution in [-0.2, 0) is 24.7 Å². The Balaban J connectivity index is 1.72. The standard InChI is InChI=1S/C26H27NO5Se/c1-33(30)18-17-23(27-26(29)31-19-20-11-5-2-6-12-20)25(28)32-24(21-13-7-3-8-14-21)22-15-9-4-10-16-22/h2-16,23-24H,17-19H2,1H3,(H,27,29). The molecule has 0 aliphatic heterocycles. The zero-order valence-corrected chi connectivity index (χ0v) is 20.1. The normalized spacial score (nSPS) is 12.5. The summed E-state index contributed by atoms with van der Waals surface area (Å²) >= 11 is -2.05. The Hall–Kier alpha value is -3.28. The number of benzene rings is 3. The van der Waals surface area contributed by atoms with Crippen LogP contribution in [-0.4, -0.2) is 31.9 Å². The average Bonchev–Trinajstić information content (AvgIpc) is 2.85. The molecule has 3 rings (SSSR count). The van der Waals surface area contributed by atoms with E-state index in [9.17, 15) is 13.4 Å². The Bertz CT molecular complexity index is 1000. The molecule has 172 valence electrons. The number of nitrogens with one attached hydrogen (secondary N) is 1. The second kappa shape index (κ2) is 12.7. The Morgan fingerprint density at radius 1 is 0.848 bits per heavy atom. The van der Waals surface area contributed by atoms with Crippen molar-refractivity contribution in [1.29, 1.82) is 0 Å². The van der Waals surface area contributed by atoms with Crippen molar-refractivity contribution in [2.24, 2.45) is 0 Å². The van der Waals surface area contributed by atoms with Crippen molar-refractivity contribution >= 4 is 25.9 Å². The summed E-state index contributed by atoms with van der Waals surface area (Å²) in [6, 6.07) is 27.1. The first kappa shape index (κ1) is 24.4. The molecule has 0 fully saturated rings. The predicted octanol–water partition coefficient (Wildman–Crippen LogP) is 5.06. The number of ether oxygens (including phenoxy) is 2. The second-order valence-corrected chi connectivity index (χ2v) is 10.7. The topological polar surface area (TPSA) is 81.7 Å². The van der Waals surface area contributed by atoms with E-state index >= 15 is 0 Å². The Labute approximate surface area is 198 Å². The van der Waals surface area contributed by atoms with E-state index in [1.54, 1.807) is 5.82 Å². The molecule has 0 saturated heterocycles. The van der Waals surface area contributed by atoms with Crippen LogP contribution in [0.1, 0.15) is 29.2 Å². The third-order valence-corrected chi connectivity index (χ3v) is 6.62. The van der Waals surface area contributed by atoms with E-state index in [1.165, 1.54) is 0 Å². The van der Waals surface area contributed by atoms with Gasteiger partial charge in [-0.3, -0.25) is 0 Å². The van der Waals surface area contributed by atoms with Gasteiger partial charge in [-0.1, -0.05) is 0 Å². The summed E-state index contributed by atoms with van der Waals surface area (Å²) in [5.74, 6) is 1.05. The summed E-state index contributed by atoms with van der Waals surface area (Å²) in [6.45, 7) is 0.0803. The van der Waals surface area contributed by atoms with Gasteiger partial charge in [0.25, 0.3) is 0 Å². The molecular weight excluding hydrogens is 485 g/mol. The summed E-state index contributed by atoms with van der Waals surface area (Å²) in [6.07, 6.45) is -1.15. The number of rotatable bonds is 10. The van der Waals surface area contributed by atoms with Crippen molar-refractivity contribution in [2.45, 2.75) is 36.3 Å². The molecule has 0 saturated carbocycles. The molecule has 6 nitrogen and oxygen atoms in total. The van der Waals surface area contributed by atoms with Crippen LogP contribution in [0.25, 0.3) is 0 Å². The van der Waals surface area contributed by atoms with Crippen LogP contribution in [0, 0.1) is 0 Å². The van der Waals surface area contributed by atoms with Crippen LogP contribution < -0.4 is 5.32 Å². The molecule has 1 amide bonds. The molecule has 3 aromatic carbocycles. The average molecular weight is 512 g/mol. The van der Waals surface area contributed by atoms with Gasteiger partial charge in [-0.05, 0) is 0 Å². The first-order valence-electron chi connectivity index (χ1n) is 10.6. The molecule has 0 aliphatic carbocycles. The third kappa shape index (κ3) is 7.97. The van der Waals surface area contributed by atoms with E-state index < -0.39 is 38.0 Å². The monoisotopic (exact) mass is 513 g/mol. The van der Waals surface area contributed by atoms with Gasteiger partial charge in [0, 0.05) is 0 Å². The minimum atomic E-state index is -2.05. The minimum absolute atomic E-state index is 0.0803. The summed E-state index contributed by atoms with van der Waals surface area (Å²) in [7, 11) is 0. The van der Waals surface area contributed by atoms with E-state index in [-0.39, 0.29) is 13.0 Å². The third-order valence-electron chi connectivity index (χ3n) is 4.92. The van der Waals surface area contributed by atoms with Gasteiger partial charge in [-0.15, -0.1) is 0 Å². The zero-order valence-electron chi connectivity index (χ0n) is 18.4. The first-order valence-corrected chi connectivity index (χ1v) is 14.2. The van der Waals surface area contributed by atoms with E-state index in [1.807, 2.05) is 91.0 Å². The molecule has 0 aliphatic rings. The quantitative estimate of drug-likeness (QED) is 0.304. The van der Waals surface area contributed by atoms with Crippen molar-refractivity contribution in [1.82, 2.24) is 5.32 Å². The fraction of sp³-hybridized carbons (Fsp3) is 0.231. The van der Waals surface area contributed by atoms with Crippen molar-refractivity contribution in [3.63, 3.8) is 0 Å². The van der Waals surface area contributed by atoms with Gasteiger partial charge >= 0.3 is 198 Å². The van der Waals surface area contributed by atoms with Crippen LogP contribution in [0.15, 0.2) is 91.0 Å². The number of esters is 1. The molecule has 33 heavy (non-hydrogen) atoms. The van der Waals surface area contributed by atoms with Gasteiger partial charge < -0.3 is 0 Å². The van der Waals surface area contributed by atoms with E-state index in [0.29, 0.717) is 5.32 Å². The number of hydrogen-bond donors (Lipinski definition) is 1. The van der Waals surface area contributed by atoms with Crippen molar-refractivity contribution in [3.05, 3.63) is 108 Å². The molecule has 0 radical (unpaired) electrons. The Morgan fingerprint density at radius 3 is 1.88 bits per heavy atom. The molecule has 0 bridgehead atoms. The number of carbonyl (C=O) groups excluding carboxylic acids is 2. The first-order chi connectivity index (χ1) is 16.0. The second-order valence-electron chi connectivity index (χ2n) is 7.46. The molecule has 0 aromatic heterocycles. The zero-order chi connectivity index (χ0) is 23.5. The SMILES string of the molecule is C[Se](=O)CCC(NC(=O)OCc1ccccc1)C(=O)OC(c1ccccc1)c1ccccc1. The molecule has 7 heteroatoms. The Kier molecular flexibility index (Phi) is 9.36. The van der Waals surface area contributed by atoms with Crippen LogP contribution in [0.3, 0.4) is 0 Å². The van der Waals surface area contributed by atoms with Crippen LogP contribution >= 0.6 is 0 Å².